The molecule has 7 nitrogen and oxygen atoms in total. The lowest BCUT2D eigenvalue weighted by Crippen LogP contribution is -2.26. The number of rotatable bonds is 5. The molecule has 0 unspecified atom stereocenters. The van der Waals surface area contributed by atoms with Crippen LogP contribution in [0.25, 0.3) is 15.9 Å². The van der Waals surface area contributed by atoms with Crippen LogP contribution >= 0.6 is 22.9 Å². The van der Waals surface area contributed by atoms with Crippen molar-refractivity contribution < 1.29 is 4.79 Å². The Morgan fingerprint density at radius 2 is 1.88 bits per heavy atom. The predicted octanol–water partition coefficient (Wildman–Crippen LogP) is 5.50. The monoisotopic (exact) mass is 489 g/mol. The van der Waals surface area contributed by atoms with Crippen LogP contribution in [0.4, 0.5) is 10.8 Å². The van der Waals surface area contributed by atoms with Crippen LogP contribution in [-0.2, 0) is 0 Å². The Hall–Kier alpha value is -3.75. The number of fused-ring (bicyclic) bond motifs is 2. The molecule has 1 amide bonds. The number of halogens is 1. The van der Waals surface area contributed by atoms with E-state index in [1.165, 1.54) is 15.9 Å². The van der Waals surface area contributed by atoms with Crippen LogP contribution in [0.2, 0.25) is 5.02 Å². The number of hydrogen-bond acceptors (Lipinski definition) is 6. The Balaban J connectivity index is 1.46. The quantitative estimate of drug-likeness (QED) is 0.340. The first-order chi connectivity index (χ1) is 16.4. The summed E-state index contributed by atoms with van der Waals surface area (Å²) in [6.45, 7) is 3.83. The number of hydrogen-bond donors (Lipinski definition) is 2. The molecular formula is C25H20ClN5O2S. The molecule has 2 aromatic heterocycles. The maximum absolute atomic E-state index is 13.0. The second kappa shape index (κ2) is 8.89. The standard InChI is InChI=1S/C25H20ClN5O2S/c1-14-19(26)9-6-10-20(14)28-24-30-31-23(33)18-12-11-17(13-21(18)29-25(31)34-24)22(32)27-15(2)16-7-4-3-5-8-16/h3-13,15H,1-2H3,(H,27,32)(H,28,30)/t15-/m1/s1. The molecule has 0 radical (unpaired) electrons. The maximum atomic E-state index is 13.0. The van der Waals surface area contributed by atoms with Crippen molar-refractivity contribution in [3.8, 4) is 0 Å². The largest absolute Gasteiger partial charge is 0.346 e. The van der Waals surface area contributed by atoms with Gasteiger partial charge in [0, 0.05) is 16.3 Å². The van der Waals surface area contributed by atoms with E-state index in [1.54, 1.807) is 18.2 Å². The minimum Gasteiger partial charge on any atom is -0.346 e. The van der Waals surface area contributed by atoms with Gasteiger partial charge in [-0.25, -0.2) is 4.98 Å². The van der Waals surface area contributed by atoms with Gasteiger partial charge in [0.2, 0.25) is 10.1 Å². The molecule has 2 heterocycles. The fourth-order valence-corrected chi connectivity index (χ4v) is 4.65. The summed E-state index contributed by atoms with van der Waals surface area (Å²) in [5.74, 6) is -0.233. The topological polar surface area (TPSA) is 88.4 Å². The minimum atomic E-state index is -0.295. The summed E-state index contributed by atoms with van der Waals surface area (Å²) in [4.78, 5) is 30.9. The number of aromatic nitrogens is 3. The van der Waals surface area contributed by atoms with Gasteiger partial charge in [-0.1, -0.05) is 59.3 Å². The van der Waals surface area contributed by atoms with Gasteiger partial charge in [0.15, 0.2) is 0 Å². The zero-order chi connectivity index (χ0) is 23.8. The third kappa shape index (κ3) is 4.13. The van der Waals surface area contributed by atoms with Crippen LogP contribution in [0.3, 0.4) is 0 Å². The Bertz CT molecular complexity index is 1600. The van der Waals surface area contributed by atoms with Crippen molar-refractivity contribution in [1.82, 2.24) is 19.9 Å². The van der Waals surface area contributed by atoms with Crippen molar-refractivity contribution in [2.45, 2.75) is 19.9 Å². The van der Waals surface area contributed by atoms with E-state index < -0.39 is 0 Å². The van der Waals surface area contributed by atoms with Gasteiger partial charge < -0.3 is 10.6 Å². The van der Waals surface area contributed by atoms with Crippen molar-refractivity contribution in [3.05, 3.63) is 98.8 Å². The summed E-state index contributed by atoms with van der Waals surface area (Å²) in [7, 11) is 0. The fraction of sp³-hybridized carbons (Fsp3) is 0.120. The Labute approximate surface area is 204 Å². The van der Waals surface area contributed by atoms with Crippen molar-refractivity contribution in [2.24, 2.45) is 0 Å². The highest BCUT2D eigenvalue weighted by atomic mass is 35.5. The average molecular weight is 490 g/mol. The molecule has 0 saturated carbocycles. The fourth-order valence-electron chi connectivity index (χ4n) is 3.66. The van der Waals surface area contributed by atoms with E-state index in [0.29, 0.717) is 31.6 Å². The summed E-state index contributed by atoms with van der Waals surface area (Å²) in [5.41, 5.74) is 3.28. The van der Waals surface area contributed by atoms with Gasteiger partial charge in [-0.05, 0) is 55.3 Å². The van der Waals surface area contributed by atoms with E-state index in [4.69, 9.17) is 11.6 Å². The van der Waals surface area contributed by atoms with E-state index >= 15 is 0 Å². The van der Waals surface area contributed by atoms with Crippen LogP contribution in [-0.4, -0.2) is 20.5 Å². The minimum absolute atomic E-state index is 0.157. The average Bonchev–Trinajstić information content (AvgIpc) is 3.25. The van der Waals surface area contributed by atoms with Crippen molar-refractivity contribution in [3.63, 3.8) is 0 Å². The number of benzene rings is 3. The van der Waals surface area contributed by atoms with Crippen LogP contribution in [0, 0.1) is 6.92 Å². The molecule has 3 aromatic carbocycles. The molecule has 0 aliphatic heterocycles. The highest BCUT2D eigenvalue weighted by Gasteiger charge is 2.16. The summed E-state index contributed by atoms with van der Waals surface area (Å²) in [6, 6.07) is 20.0. The van der Waals surface area contributed by atoms with Gasteiger partial charge in [0.25, 0.3) is 11.5 Å². The zero-order valence-corrected chi connectivity index (χ0v) is 19.9. The molecule has 0 aliphatic rings. The van der Waals surface area contributed by atoms with Crippen LogP contribution < -0.4 is 16.2 Å². The molecule has 2 N–H and O–H groups in total. The molecule has 34 heavy (non-hydrogen) atoms. The van der Waals surface area contributed by atoms with Crippen LogP contribution in [0.5, 0.6) is 0 Å². The maximum Gasteiger partial charge on any atom is 0.283 e. The number of carbonyl (C=O) groups is 1. The Kier molecular flexibility index (Phi) is 5.77. The molecule has 0 aliphatic carbocycles. The molecule has 0 spiro atoms. The molecule has 0 bridgehead atoms. The molecule has 1 atom stereocenters. The van der Waals surface area contributed by atoms with E-state index in [2.05, 4.69) is 20.7 Å². The predicted molar refractivity (Wildman–Crippen MR) is 136 cm³/mol. The van der Waals surface area contributed by atoms with Gasteiger partial charge in [-0.3, -0.25) is 9.59 Å². The summed E-state index contributed by atoms with van der Waals surface area (Å²) < 4.78 is 1.27. The highest BCUT2D eigenvalue weighted by Crippen LogP contribution is 2.28. The van der Waals surface area contributed by atoms with Gasteiger partial charge in [0.05, 0.1) is 16.9 Å². The van der Waals surface area contributed by atoms with Gasteiger partial charge in [0.1, 0.15) is 0 Å². The molecule has 5 aromatic rings. The van der Waals surface area contributed by atoms with Crippen LogP contribution in [0.1, 0.15) is 34.5 Å². The van der Waals surface area contributed by atoms with Crippen molar-refractivity contribution >= 4 is 55.5 Å². The summed E-state index contributed by atoms with van der Waals surface area (Å²) in [6.07, 6.45) is 0. The number of amides is 1. The first-order valence-corrected chi connectivity index (χ1v) is 11.8. The first kappa shape index (κ1) is 22.1. The molecular weight excluding hydrogens is 470 g/mol. The van der Waals surface area contributed by atoms with Crippen molar-refractivity contribution in [2.75, 3.05) is 5.32 Å². The second-order valence-electron chi connectivity index (χ2n) is 7.89. The zero-order valence-electron chi connectivity index (χ0n) is 18.4. The number of carbonyl (C=O) groups excluding carboxylic acids is 1. The number of nitrogens with zero attached hydrogens (tertiary/aromatic N) is 3. The first-order valence-electron chi connectivity index (χ1n) is 10.6. The Morgan fingerprint density at radius 1 is 1.09 bits per heavy atom. The SMILES string of the molecule is Cc1c(Cl)cccc1Nc1nn2c(=O)c3ccc(C(=O)N[C@H](C)c4ccccc4)cc3nc2s1. The summed E-state index contributed by atoms with van der Waals surface area (Å²) in [5, 5.41) is 12.1. The molecule has 0 fully saturated rings. The third-order valence-corrected chi connectivity index (χ3v) is 6.85. The smallest absolute Gasteiger partial charge is 0.283 e. The third-order valence-electron chi connectivity index (χ3n) is 5.62. The van der Waals surface area contributed by atoms with Crippen LogP contribution in [0.15, 0.2) is 71.5 Å². The normalized spacial score (nSPS) is 12.1. The van der Waals surface area contributed by atoms with E-state index in [1.807, 2.05) is 62.4 Å². The molecule has 170 valence electrons. The van der Waals surface area contributed by atoms with Gasteiger partial charge in [-0.15, -0.1) is 5.10 Å². The van der Waals surface area contributed by atoms with Crippen molar-refractivity contribution in [1.29, 1.82) is 0 Å². The van der Waals surface area contributed by atoms with Gasteiger partial charge >= 0.3 is 0 Å². The lowest BCUT2D eigenvalue weighted by atomic mass is 10.1. The van der Waals surface area contributed by atoms with E-state index in [0.717, 1.165) is 16.8 Å². The second-order valence-corrected chi connectivity index (χ2v) is 9.26. The summed E-state index contributed by atoms with van der Waals surface area (Å²) >= 11 is 7.45. The molecule has 0 saturated heterocycles. The Morgan fingerprint density at radius 3 is 2.68 bits per heavy atom. The van der Waals surface area contributed by atoms with E-state index in [-0.39, 0.29) is 17.5 Å². The number of anilines is 2. The molecule has 9 heteroatoms. The van der Waals surface area contributed by atoms with Gasteiger partial charge in [-0.2, -0.15) is 4.52 Å². The molecule has 5 rings (SSSR count). The van der Waals surface area contributed by atoms with E-state index in [9.17, 15) is 9.59 Å². The highest BCUT2D eigenvalue weighted by molar-refractivity contribution is 7.20. The lowest BCUT2D eigenvalue weighted by molar-refractivity contribution is 0.0940. The number of nitrogens with one attached hydrogen (secondary N) is 2. The lowest BCUT2D eigenvalue weighted by Gasteiger charge is -2.14.